The first-order valence-corrected chi connectivity index (χ1v) is 6.47. The molecule has 19 heavy (non-hydrogen) atoms. The molecular weight excluding hydrogens is 271 g/mol. The lowest BCUT2D eigenvalue weighted by Gasteiger charge is -2.35. The van der Waals surface area contributed by atoms with Gasteiger partial charge in [0.05, 0.1) is 12.5 Å². The minimum absolute atomic E-state index is 0.0556. The molecule has 0 amide bonds. The summed E-state index contributed by atoms with van der Waals surface area (Å²) in [6, 6.07) is 0. The van der Waals surface area contributed by atoms with Gasteiger partial charge >= 0.3 is 17.9 Å². The molecule has 7 heteroatoms. The molecule has 1 N–H and O–H groups in total. The monoisotopic (exact) mass is 286 g/mol. The van der Waals surface area contributed by atoms with Crippen molar-refractivity contribution in [1.29, 1.82) is 0 Å². The molecule has 3 aliphatic rings. The van der Waals surface area contributed by atoms with E-state index in [0.717, 1.165) is 19.3 Å². The predicted octanol–water partition coefficient (Wildman–Crippen LogP) is 2.96. The van der Waals surface area contributed by atoms with Crippen LogP contribution in [0.4, 0.5) is 22.0 Å². The highest BCUT2D eigenvalue weighted by Gasteiger charge is 2.78. The van der Waals surface area contributed by atoms with Crippen LogP contribution in [0.15, 0.2) is 0 Å². The third kappa shape index (κ3) is 1.67. The Morgan fingerprint density at radius 1 is 1.11 bits per heavy atom. The maximum atomic E-state index is 14.0. The molecular formula is C12H15F5O2. The zero-order chi connectivity index (χ0) is 14.1. The smallest absolute Gasteiger partial charge is 0.354 e. The number of rotatable bonds is 1. The van der Waals surface area contributed by atoms with Crippen LogP contribution in [-0.4, -0.2) is 29.6 Å². The van der Waals surface area contributed by atoms with Crippen molar-refractivity contribution in [2.24, 2.45) is 23.7 Å². The summed E-state index contributed by atoms with van der Waals surface area (Å²) in [6.45, 7) is -0.725. The lowest BCUT2D eigenvalue weighted by molar-refractivity contribution is -0.405. The Morgan fingerprint density at radius 3 is 2.21 bits per heavy atom. The second-order valence-electron chi connectivity index (χ2n) is 6.02. The van der Waals surface area contributed by atoms with E-state index in [1.165, 1.54) is 0 Å². The fraction of sp³-hybridized carbons (Fsp3) is 1.00. The summed E-state index contributed by atoms with van der Waals surface area (Å²) >= 11 is 0. The molecule has 5 unspecified atom stereocenters. The van der Waals surface area contributed by atoms with Crippen LogP contribution in [-0.2, 0) is 4.74 Å². The van der Waals surface area contributed by atoms with Gasteiger partial charge in [0.15, 0.2) is 0 Å². The third-order valence-electron chi connectivity index (χ3n) is 5.08. The van der Waals surface area contributed by atoms with Gasteiger partial charge in [-0.25, -0.2) is 0 Å². The van der Waals surface area contributed by atoms with Crippen LogP contribution in [0.1, 0.15) is 25.7 Å². The summed E-state index contributed by atoms with van der Waals surface area (Å²) in [5, 5.41) is 9.26. The minimum atomic E-state index is -5.48. The molecule has 0 aromatic rings. The first-order chi connectivity index (χ1) is 8.67. The van der Waals surface area contributed by atoms with E-state index in [9.17, 15) is 27.1 Å². The van der Waals surface area contributed by atoms with E-state index in [0.29, 0.717) is 12.3 Å². The van der Waals surface area contributed by atoms with Gasteiger partial charge in [-0.1, -0.05) is 6.42 Å². The molecule has 3 fully saturated rings. The molecule has 1 aliphatic heterocycles. The van der Waals surface area contributed by atoms with Crippen molar-refractivity contribution in [2.45, 2.75) is 43.6 Å². The van der Waals surface area contributed by atoms with Gasteiger partial charge in [0.2, 0.25) is 0 Å². The summed E-state index contributed by atoms with van der Waals surface area (Å²) in [4.78, 5) is 0. The van der Waals surface area contributed by atoms with Gasteiger partial charge in [0.25, 0.3) is 0 Å². The molecule has 1 saturated heterocycles. The molecule has 0 aromatic carbocycles. The van der Waals surface area contributed by atoms with Gasteiger partial charge in [0.1, 0.15) is 0 Å². The Hall–Kier alpha value is -0.430. The third-order valence-corrected chi connectivity index (χ3v) is 5.08. The molecule has 2 nitrogen and oxygen atoms in total. The van der Waals surface area contributed by atoms with Crippen molar-refractivity contribution in [2.75, 3.05) is 6.61 Å². The summed E-state index contributed by atoms with van der Waals surface area (Å²) in [5.41, 5.74) is 0. The normalized spacial score (nSPS) is 48.9. The van der Waals surface area contributed by atoms with Gasteiger partial charge in [-0.05, 0) is 37.0 Å². The summed E-state index contributed by atoms with van der Waals surface area (Å²) in [7, 11) is 0. The van der Waals surface area contributed by atoms with Crippen molar-refractivity contribution < 1.29 is 31.8 Å². The number of ether oxygens (including phenoxy) is 1. The highest BCUT2D eigenvalue weighted by molar-refractivity contribution is 5.06. The molecule has 0 aromatic heterocycles. The van der Waals surface area contributed by atoms with E-state index < -0.39 is 36.3 Å². The van der Waals surface area contributed by atoms with E-state index in [4.69, 9.17) is 0 Å². The minimum Gasteiger partial charge on any atom is -0.354 e. The van der Waals surface area contributed by atoms with Crippen LogP contribution in [0.25, 0.3) is 0 Å². The fourth-order valence-electron chi connectivity index (χ4n) is 4.11. The number of hydrogen-bond donors (Lipinski definition) is 1. The lowest BCUT2D eigenvalue weighted by atomic mass is 9.76. The first kappa shape index (κ1) is 13.5. The maximum Gasteiger partial charge on any atom is 0.449 e. The Bertz CT molecular complexity index is 383. The van der Waals surface area contributed by atoms with Crippen LogP contribution in [0.5, 0.6) is 0 Å². The predicted molar refractivity (Wildman–Crippen MR) is 54.3 cm³/mol. The van der Waals surface area contributed by atoms with E-state index in [-0.39, 0.29) is 5.92 Å². The summed E-state index contributed by atoms with van der Waals surface area (Å²) in [6.07, 6.45) is -2.36. The van der Waals surface area contributed by atoms with Crippen molar-refractivity contribution in [3.63, 3.8) is 0 Å². The average molecular weight is 286 g/mol. The average Bonchev–Trinajstić information content (AvgIpc) is 2.93. The highest BCUT2D eigenvalue weighted by atomic mass is 19.4. The highest BCUT2D eigenvalue weighted by Crippen LogP contribution is 2.60. The number of hydrogen-bond acceptors (Lipinski definition) is 2. The molecule has 2 saturated carbocycles. The SMILES string of the molecule is OC1(C(F)(F)F)OCC(C2CC3CCC2C3)C1(F)F. The van der Waals surface area contributed by atoms with Gasteiger partial charge in [0, 0.05) is 0 Å². The Kier molecular flexibility index (Phi) is 2.72. The molecule has 2 bridgehead atoms. The maximum absolute atomic E-state index is 14.0. The number of fused-ring (bicyclic) bond motifs is 2. The van der Waals surface area contributed by atoms with Gasteiger partial charge in [-0.15, -0.1) is 0 Å². The molecule has 3 rings (SSSR count). The second kappa shape index (κ2) is 3.81. The number of halogens is 5. The summed E-state index contributed by atoms with van der Waals surface area (Å²) < 4.78 is 70.1. The van der Waals surface area contributed by atoms with E-state index in [1.54, 1.807) is 0 Å². The van der Waals surface area contributed by atoms with Crippen molar-refractivity contribution in [3.8, 4) is 0 Å². The molecule has 5 atom stereocenters. The van der Waals surface area contributed by atoms with Gasteiger partial charge < -0.3 is 9.84 Å². The van der Waals surface area contributed by atoms with Crippen LogP contribution >= 0.6 is 0 Å². The van der Waals surface area contributed by atoms with Crippen LogP contribution < -0.4 is 0 Å². The van der Waals surface area contributed by atoms with Crippen molar-refractivity contribution in [3.05, 3.63) is 0 Å². The Morgan fingerprint density at radius 2 is 1.79 bits per heavy atom. The molecule has 0 spiro atoms. The van der Waals surface area contributed by atoms with Gasteiger partial charge in [-0.3, -0.25) is 0 Å². The van der Waals surface area contributed by atoms with Crippen molar-refractivity contribution in [1.82, 2.24) is 0 Å². The van der Waals surface area contributed by atoms with Crippen LogP contribution in [0.3, 0.4) is 0 Å². The molecule has 1 heterocycles. The zero-order valence-corrected chi connectivity index (χ0v) is 10.1. The van der Waals surface area contributed by atoms with E-state index in [1.807, 2.05) is 0 Å². The Balaban J connectivity index is 1.86. The van der Waals surface area contributed by atoms with E-state index >= 15 is 0 Å². The topological polar surface area (TPSA) is 29.5 Å². The summed E-state index contributed by atoms with van der Waals surface area (Å²) in [5.74, 6) is -10.2. The largest absolute Gasteiger partial charge is 0.449 e. The van der Waals surface area contributed by atoms with Crippen LogP contribution in [0.2, 0.25) is 0 Å². The Labute approximate surface area is 106 Å². The fourth-order valence-corrected chi connectivity index (χ4v) is 4.11. The van der Waals surface area contributed by atoms with Crippen LogP contribution in [0, 0.1) is 23.7 Å². The molecule has 2 aliphatic carbocycles. The number of alkyl halides is 5. The lowest BCUT2D eigenvalue weighted by Crippen LogP contribution is -2.59. The quantitative estimate of drug-likeness (QED) is 0.751. The second-order valence-corrected chi connectivity index (χ2v) is 6.02. The van der Waals surface area contributed by atoms with Gasteiger partial charge in [-0.2, -0.15) is 22.0 Å². The molecule has 0 radical (unpaired) electrons. The zero-order valence-electron chi connectivity index (χ0n) is 10.1. The molecule has 110 valence electrons. The van der Waals surface area contributed by atoms with Crippen molar-refractivity contribution >= 4 is 0 Å². The first-order valence-electron chi connectivity index (χ1n) is 6.47. The number of aliphatic hydroxyl groups is 1. The standard InChI is InChI=1S/C12H15F5O2/c13-10(14)9(5-19-11(10,18)12(15,16)17)8-4-6-1-2-7(8)3-6/h6-9,18H,1-5H2. The van der Waals surface area contributed by atoms with E-state index in [2.05, 4.69) is 4.74 Å².